The van der Waals surface area contributed by atoms with Crippen LogP contribution in [-0.2, 0) is 49.2 Å². The van der Waals surface area contributed by atoms with Crippen LogP contribution in [0.15, 0.2) is 18.2 Å². The minimum Gasteiger partial charge on any atom is -0.493 e. The van der Waals surface area contributed by atoms with Crippen molar-refractivity contribution in [2.45, 2.75) is 85.5 Å². The first kappa shape index (κ1) is 44.5. The Morgan fingerprint density at radius 1 is 0.981 bits per heavy atom. The fourth-order valence-corrected chi connectivity index (χ4v) is 6.20. The van der Waals surface area contributed by atoms with Crippen LogP contribution in [0.5, 0.6) is 11.5 Å². The predicted octanol–water partition coefficient (Wildman–Crippen LogP) is 4.25. The van der Waals surface area contributed by atoms with Crippen molar-refractivity contribution in [2.75, 3.05) is 67.5 Å². The fourth-order valence-electron chi connectivity index (χ4n) is 6.20. The molecule has 3 rings (SSSR count). The average Bonchev–Trinajstić information content (AvgIpc) is 3.53. The Hall–Kier alpha value is -3.86. The lowest BCUT2D eigenvalue weighted by Crippen LogP contribution is -2.47. The van der Waals surface area contributed by atoms with Crippen molar-refractivity contribution in [1.82, 2.24) is 10.2 Å². The van der Waals surface area contributed by atoms with E-state index in [1.807, 2.05) is 32.0 Å². The summed E-state index contributed by atoms with van der Waals surface area (Å²) < 4.78 is 48.7. The molecule has 0 bridgehead atoms. The summed E-state index contributed by atoms with van der Waals surface area (Å²) in [7, 11) is 3.24. The highest BCUT2D eigenvalue weighted by Crippen LogP contribution is 2.36. The number of carbonyl (C=O) groups excluding carboxylic acids is 4. The minimum atomic E-state index is -1.03. The van der Waals surface area contributed by atoms with Crippen molar-refractivity contribution >= 4 is 24.1 Å². The van der Waals surface area contributed by atoms with Gasteiger partial charge in [-0.25, -0.2) is 9.59 Å². The summed E-state index contributed by atoms with van der Waals surface area (Å²) in [6.45, 7) is 12.3. The smallest absolute Gasteiger partial charge is 0.493 e. The molecule has 1 aromatic rings. The third kappa shape index (κ3) is 13.8. The molecule has 2 aliphatic heterocycles. The zero-order valence-electron chi connectivity index (χ0n) is 33.1. The minimum absolute atomic E-state index is 0.0538. The number of amides is 3. The molecule has 2 heterocycles. The lowest BCUT2D eigenvalue weighted by atomic mass is 9.80. The van der Waals surface area contributed by atoms with E-state index in [0.717, 1.165) is 12.0 Å². The maximum Gasteiger partial charge on any atom is 0.511 e. The lowest BCUT2D eigenvalue weighted by molar-refractivity contribution is -0.160. The zero-order chi connectivity index (χ0) is 39.8. The third-order valence-electron chi connectivity index (χ3n) is 9.85. The summed E-state index contributed by atoms with van der Waals surface area (Å²) in [5.41, 5.74) is 5.63. The highest BCUT2D eigenvalue weighted by Gasteiger charge is 2.43. The summed E-state index contributed by atoms with van der Waals surface area (Å²) in [5.74, 6) is 0.149. The van der Waals surface area contributed by atoms with Crippen LogP contribution in [0.25, 0.3) is 0 Å². The van der Waals surface area contributed by atoms with Crippen molar-refractivity contribution in [3.63, 3.8) is 0 Å². The normalized spacial score (nSPS) is 19.0. The standard InChI is InChI=1S/C38H61N3O13/c1-24(2)27(14-26-10-11-31(47-8)33(15-26)50-13-9-12-46-7)16-30-32(17-29(25(3)4)34(42)40-20-38(5,6)35(39)43)51-21-41(30)36(44)52-23-53-37(45)54-28-18-48-22-49-19-28/h10-11,15,24-25,27-30,32H,9,12-14,16-23H2,1-8H3,(H2,39,43)(H,40,42)/t27-,29-,30-,32-/m0/s1. The van der Waals surface area contributed by atoms with Crippen LogP contribution in [-0.4, -0.2) is 115 Å². The summed E-state index contributed by atoms with van der Waals surface area (Å²) in [4.78, 5) is 52.7. The van der Waals surface area contributed by atoms with E-state index in [1.54, 1.807) is 28.1 Å². The quantitative estimate of drug-likeness (QED) is 0.103. The van der Waals surface area contributed by atoms with E-state index >= 15 is 0 Å². The van der Waals surface area contributed by atoms with Crippen LogP contribution < -0.4 is 20.5 Å². The molecule has 2 saturated heterocycles. The molecule has 306 valence electrons. The van der Waals surface area contributed by atoms with Gasteiger partial charge in [-0.05, 0) is 68.6 Å². The number of methoxy groups -OCH3 is 2. The maximum absolute atomic E-state index is 13.6. The molecule has 0 unspecified atom stereocenters. The number of nitrogens with two attached hydrogens (primary N) is 1. The van der Waals surface area contributed by atoms with E-state index in [1.165, 1.54) is 4.90 Å². The van der Waals surface area contributed by atoms with E-state index < -0.39 is 54.5 Å². The van der Waals surface area contributed by atoms with Crippen LogP contribution in [0.2, 0.25) is 0 Å². The van der Waals surface area contributed by atoms with E-state index in [-0.39, 0.29) is 56.9 Å². The Morgan fingerprint density at radius 3 is 2.33 bits per heavy atom. The SMILES string of the molecule is COCCCOc1cc(C[C@@H](C[C@H]2[C@H](C[C@H](C(=O)NCC(C)(C)C(N)=O)C(C)C)OCN2C(=O)OCOC(=O)OC2COCOC2)C(C)C)ccc1OC. The fraction of sp³-hybridized carbons (Fsp3) is 0.737. The molecule has 3 N–H and O–H groups in total. The van der Waals surface area contributed by atoms with E-state index in [0.29, 0.717) is 44.0 Å². The van der Waals surface area contributed by atoms with E-state index in [4.69, 9.17) is 48.4 Å². The Morgan fingerprint density at radius 2 is 1.70 bits per heavy atom. The number of hydrogen-bond donors (Lipinski definition) is 2. The molecular formula is C38H61N3O13. The topological polar surface area (TPSA) is 193 Å². The first-order valence-corrected chi connectivity index (χ1v) is 18.6. The van der Waals surface area contributed by atoms with E-state index in [9.17, 15) is 19.2 Å². The van der Waals surface area contributed by atoms with Gasteiger partial charge >= 0.3 is 12.2 Å². The number of nitrogens with zero attached hydrogens (tertiary/aromatic N) is 1. The molecule has 0 aromatic heterocycles. The van der Waals surface area contributed by atoms with Crippen molar-refractivity contribution < 1.29 is 61.8 Å². The molecule has 0 aliphatic carbocycles. The van der Waals surface area contributed by atoms with Gasteiger partial charge in [0.05, 0.1) is 44.5 Å². The number of benzene rings is 1. The molecule has 0 spiro atoms. The number of hydrogen-bond acceptors (Lipinski definition) is 13. The Balaban J connectivity index is 1.80. The summed E-state index contributed by atoms with van der Waals surface area (Å²) in [5, 5.41) is 2.90. The number of ether oxygens (including phenoxy) is 9. The van der Waals surface area contributed by atoms with Gasteiger partial charge in [0.25, 0.3) is 0 Å². The van der Waals surface area contributed by atoms with Crippen molar-refractivity contribution in [1.29, 1.82) is 0 Å². The van der Waals surface area contributed by atoms with Crippen LogP contribution in [0, 0.1) is 29.1 Å². The van der Waals surface area contributed by atoms with Gasteiger partial charge in [0.15, 0.2) is 17.6 Å². The van der Waals surface area contributed by atoms with Gasteiger partial charge in [0.1, 0.15) is 13.5 Å². The van der Waals surface area contributed by atoms with Gasteiger partial charge in [-0.15, -0.1) is 0 Å². The summed E-state index contributed by atoms with van der Waals surface area (Å²) >= 11 is 0. The second-order valence-electron chi connectivity index (χ2n) is 15.1. The van der Waals surface area contributed by atoms with Gasteiger partial charge in [0, 0.05) is 32.6 Å². The number of rotatable bonds is 21. The predicted molar refractivity (Wildman–Crippen MR) is 195 cm³/mol. The zero-order valence-corrected chi connectivity index (χ0v) is 33.1. The molecule has 2 aliphatic rings. The lowest BCUT2D eigenvalue weighted by Gasteiger charge is -2.33. The summed E-state index contributed by atoms with van der Waals surface area (Å²) in [6, 6.07) is 5.37. The Kier molecular flexibility index (Phi) is 18.0. The highest BCUT2D eigenvalue weighted by molar-refractivity contribution is 5.83. The van der Waals surface area contributed by atoms with Crippen molar-refractivity contribution in [3.8, 4) is 11.5 Å². The van der Waals surface area contributed by atoms with Crippen LogP contribution >= 0.6 is 0 Å². The molecule has 3 amide bonds. The monoisotopic (exact) mass is 767 g/mol. The second-order valence-corrected chi connectivity index (χ2v) is 15.1. The Labute approximate surface area is 318 Å². The molecule has 0 saturated carbocycles. The van der Waals surface area contributed by atoms with Crippen LogP contribution in [0.3, 0.4) is 0 Å². The largest absolute Gasteiger partial charge is 0.511 e. The van der Waals surface area contributed by atoms with Gasteiger partial charge in [0.2, 0.25) is 18.6 Å². The molecule has 16 heteroatoms. The maximum atomic E-state index is 13.6. The van der Waals surface area contributed by atoms with Gasteiger partial charge in [-0.3, -0.25) is 14.5 Å². The van der Waals surface area contributed by atoms with Gasteiger partial charge in [-0.2, -0.15) is 0 Å². The highest BCUT2D eigenvalue weighted by atomic mass is 16.8. The average molecular weight is 768 g/mol. The molecule has 0 radical (unpaired) electrons. The molecule has 1 aromatic carbocycles. The first-order valence-electron chi connectivity index (χ1n) is 18.6. The van der Waals surface area contributed by atoms with Crippen molar-refractivity contribution in [2.24, 2.45) is 34.8 Å². The summed E-state index contributed by atoms with van der Waals surface area (Å²) in [6.07, 6.45) is -0.745. The second kappa shape index (κ2) is 21.9. The Bertz CT molecular complexity index is 1350. The van der Waals surface area contributed by atoms with Crippen LogP contribution in [0.1, 0.15) is 66.4 Å². The number of nitrogens with one attached hydrogen (secondary N) is 1. The van der Waals surface area contributed by atoms with Gasteiger partial charge in [-0.1, -0.05) is 33.8 Å². The molecule has 2 fully saturated rings. The molecule has 16 nitrogen and oxygen atoms in total. The third-order valence-corrected chi connectivity index (χ3v) is 9.85. The first-order chi connectivity index (χ1) is 25.7. The number of carbonyl (C=O) groups is 4. The van der Waals surface area contributed by atoms with E-state index in [2.05, 4.69) is 19.2 Å². The van der Waals surface area contributed by atoms with Crippen molar-refractivity contribution in [3.05, 3.63) is 23.8 Å². The van der Waals surface area contributed by atoms with Crippen LogP contribution in [0.4, 0.5) is 9.59 Å². The molecular weight excluding hydrogens is 706 g/mol. The number of primary amides is 1. The molecule has 4 atom stereocenters. The van der Waals surface area contributed by atoms with Gasteiger partial charge < -0.3 is 53.7 Å². The molecule has 54 heavy (non-hydrogen) atoms.